The molecule has 0 radical (unpaired) electrons. The van der Waals surface area contributed by atoms with Crippen LogP contribution in [-0.4, -0.2) is 49.3 Å². The van der Waals surface area contributed by atoms with Crippen molar-refractivity contribution in [3.63, 3.8) is 0 Å². The van der Waals surface area contributed by atoms with Gasteiger partial charge in [-0.15, -0.1) is 0 Å². The van der Waals surface area contributed by atoms with Crippen LogP contribution >= 0.6 is 7.82 Å². The lowest BCUT2D eigenvalue weighted by molar-refractivity contribution is -0.161. The molecule has 0 fully saturated rings. The molecular weight excluding hydrogens is 1100 g/mol. The van der Waals surface area contributed by atoms with Crippen molar-refractivity contribution in [2.75, 3.05) is 26.4 Å². The minimum Gasteiger partial charge on any atom is -0.462 e. The molecule has 0 saturated carbocycles. The Morgan fingerprint density at radius 3 is 0.908 bits per heavy atom. The van der Waals surface area contributed by atoms with Gasteiger partial charge in [-0.1, -0.05) is 285 Å². The lowest BCUT2D eigenvalue weighted by Gasteiger charge is -2.19. The number of phosphoric acid groups is 1. The van der Waals surface area contributed by atoms with Crippen LogP contribution < -0.4 is 5.73 Å². The largest absolute Gasteiger partial charge is 0.472 e. The number of hydrogen-bond donors (Lipinski definition) is 2. The fraction of sp³-hybridized carbons (Fsp3) is 0.558. The summed E-state index contributed by atoms with van der Waals surface area (Å²) in [6, 6.07) is 0. The third-order valence-corrected chi connectivity index (χ3v) is 14.5. The molecule has 2 unspecified atom stereocenters. The molecule has 3 N–H and O–H groups in total. The summed E-state index contributed by atoms with van der Waals surface area (Å²) < 4.78 is 33.1. The second kappa shape index (κ2) is 69.9. The van der Waals surface area contributed by atoms with Crippen LogP contribution in [0.1, 0.15) is 245 Å². The molecular formula is C77H122NO8P. The molecule has 0 aromatic heterocycles. The molecule has 0 saturated heterocycles. The molecule has 0 spiro atoms. The van der Waals surface area contributed by atoms with Gasteiger partial charge < -0.3 is 20.1 Å². The van der Waals surface area contributed by atoms with Crippen molar-refractivity contribution in [2.45, 2.75) is 251 Å². The SMILES string of the molecule is CC/C=C\C/C=C\C/C=C\C/C=C\C/C=C\C/C=C\C/C=C\C/C=C\C/C=C\C/C=C\C/C=C\C/C=C\CCCCC(=O)OC(COC(=O)CCCCCCCCCCCCCCCC/C=C\C/C=C\C/C=C\C/C=C\CC)COP(=O)(O)OCCN. The fourth-order valence-corrected chi connectivity index (χ4v) is 9.31. The van der Waals surface area contributed by atoms with E-state index in [1.807, 2.05) is 0 Å². The summed E-state index contributed by atoms with van der Waals surface area (Å²) in [6.07, 6.45) is 107. The molecule has 0 heterocycles. The van der Waals surface area contributed by atoms with Crippen molar-refractivity contribution in [1.82, 2.24) is 0 Å². The Balaban J connectivity index is 4.07. The molecule has 0 aromatic carbocycles. The number of unbranched alkanes of at least 4 members (excludes halogenated alkanes) is 16. The first-order chi connectivity index (χ1) is 42.8. The van der Waals surface area contributed by atoms with Crippen molar-refractivity contribution >= 4 is 19.8 Å². The van der Waals surface area contributed by atoms with E-state index >= 15 is 0 Å². The summed E-state index contributed by atoms with van der Waals surface area (Å²) in [6.45, 7) is 3.45. The van der Waals surface area contributed by atoms with Gasteiger partial charge in [0, 0.05) is 19.4 Å². The summed E-state index contributed by atoms with van der Waals surface area (Å²) in [5.41, 5.74) is 5.39. The van der Waals surface area contributed by atoms with Crippen LogP contribution in [-0.2, 0) is 32.7 Å². The first kappa shape index (κ1) is 81.8. The van der Waals surface area contributed by atoms with Crippen molar-refractivity contribution in [3.05, 3.63) is 194 Å². The first-order valence-corrected chi connectivity index (χ1v) is 35.4. The number of ether oxygens (including phenoxy) is 2. The highest BCUT2D eigenvalue weighted by Gasteiger charge is 2.26. The molecule has 0 amide bonds. The predicted octanol–water partition coefficient (Wildman–Crippen LogP) is 22.5. The standard InChI is InChI=1S/C77H122NO8P/c1-3-5-7-9-11-13-15-17-19-21-23-25-27-29-31-32-33-34-35-36-37-38-39-40-41-42-44-46-48-50-52-54-56-58-60-62-64-66-68-70-77(80)86-75(74-85-87(81,82)84-72-71-78)73-83-76(79)69-67-65-63-61-59-57-55-53-51-49-47-45-43-30-28-26-24-22-20-18-16-14-12-10-8-6-4-2/h5-8,11-14,17-20,23-26,29,31,33-34,36-37,39-40,42,44,48,50,54,56,60,62,75H,3-4,9-10,15-16,21-22,27-28,30,32,35,38,41,43,45-47,49,51-53,55,57-59,61,63-74,78H2,1-2H3,(H,81,82)/b7-5-,8-6-,13-11-,14-12-,19-17-,20-18-,25-23-,26-24-,31-29-,34-33-,37-36-,40-39-,44-42-,50-48-,56-54-,62-60-. The third-order valence-electron chi connectivity index (χ3n) is 13.5. The van der Waals surface area contributed by atoms with Gasteiger partial charge in [0.1, 0.15) is 6.61 Å². The van der Waals surface area contributed by atoms with E-state index in [2.05, 4.69) is 208 Å². The van der Waals surface area contributed by atoms with Gasteiger partial charge in [-0.05, 0) is 141 Å². The normalized spacial score (nSPS) is 14.2. The highest BCUT2D eigenvalue weighted by Crippen LogP contribution is 2.43. The zero-order valence-corrected chi connectivity index (χ0v) is 55.6. The van der Waals surface area contributed by atoms with Crippen LogP contribution in [0.5, 0.6) is 0 Å². The summed E-state index contributed by atoms with van der Waals surface area (Å²) in [7, 11) is -4.42. The van der Waals surface area contributed by atoms with Gasteiger partial charge >= 0.3 is 19.8 Å². The highest BCUT2D eigenvalue weighted by atomic mass is 31.2. The summed E-state index contributed by atoms with van der Waals surface area (Å²) in [5.74, 6) is -0.891. The van der Waals surface area contributed by atoms with Crippen molar-refractivity contribution in [1.29, 1.82) is 0 Å². The zero-order chi connectivity index (χ0) is 63.0. The van der Waals surface area contributed by atoms with Crippen molar-refractivity contribution in [2.24, 2.45) is 5.73 Å². The van der Waals surface area contributed by atoms with Crippen LogP contribution in [0.4, 0.5) is 0 Å². The van der Waals surface area contributed by atoms with Crippen LogP contribution in [0.25, 0.3) is 0 Å². The molecule has 488 valence electrons. The lowest BCUT2D eigenvalue weighted by Crippen LogP contribution is -2.29. The van der Waals surface area contributed by atoms with Crippen LogP contribution in [0, 0.1) is 0 Å². The van der Waals surface area contributed by atoms with Gasteiger partial charge in [0.05, 0.1) is 13.2 Å². The van der Waals surface area contributed by atoms with E-state index in [4.69, 9.17) is 24.3 Å². The Kier molecular flexibility index (Phi) is 65.8. The van der Waals surface area contributed by atoms with Crippen molar-refractivity contribution < 1.29 is 37.6 Å². The second-order valence-corrected chi connectivity index (χ2v) is 23.0. The Morgan fingerprint density at radius 1 is 0.345 bits per heavy atom. The first-order valence-electron chi connectivity index (χ1n) is 33.9. The maximum atomic E-state index is 12.7. The van der Waals surface area contributed by atoms with E-state index in [0.29, 0.717) is 6.42 Å². The van der Waals surface area contributed by atoms with Crippen molar-refractivity contribution in [3.8, 4) is 0 Å². The van der Waals surface area contributed by atoms with Gasteiger partial charge in [0.25, 0.3) is 0 Å². The average Bonchev–Trinajstić information content (AvgIpc) is 3.64. The molecule has 87 heavy (non-hydrogen) atoms. The molecule has 0 bridgehead atoms. The van der Waals surface area contributed by atoms with Gasteiger partial charge in [-0.2, -0.15) is 0 Å². The van der Waals surface area contributed by atoms with Gasteiger partial charge in [0.15, 0.2) is 6.10 Å². The van der Waals surface area contributed by atoms with Crippen LogP contribution in [0.15, 0.2) is 194 Å². The van der Waals surface area contributed by atoms with Crippen LogP contribution in [0.3, 0.4) is 0 Å². The average molecular weight is 1220 g/mol. The molecule has 0 aromatic rings. The fourth-order valence-electron chi connectivity index (χ4n) is 8.55. The minimum atomic E-state index is -4.42. The van der Waals surface area contributed by atoms with E-state index in [0.717, 1.165) is 141 Å². The monoisotopic (exact) mass is 1220 g/mol. The van der Waals surface area contributed by atoms with E-state index in [9.17, 15) is 19.0 Å². The zero-order valence-electron chi connectivity index (χ0n) is 54.7. The summed E-state index contributed by atoms with van der Waals surface area (Å²) in [4.78, 5) is 35.3. The van der Waals surface area contributed by atoms with E-state index in [1.165, 1.54) is 70.6 Å². The Labute approximate surface area is 532 Å². The topological polar surface area (TPSA) is 134 Å². The minimum absolute atomic E-state index is 0.0361. The number of carbonyl (C=O) groups excluding carboxylic acids is 2. The number of hydrogen-bond acceptors (Lipinski definition) is 8. The number of allylic oxidation sites excluding steroid dienone is 32. The van der Waals surface area contributed by atoms with Gasteiger partial charge in [0.2, 0.25) is 0 Å². The number of rotatable bonds is 61. The molecule has 2 atom stereocenters. The summed E-state index contributed by atoms with van der Waals surface area (Å²) >= 11 is 0. The van der Waals surface area contributed by atoms with Crippen LogP contribution in [0.2, 0.25) is 0 Å². The number of phosphoric ester groups is 1. The maximum Gasteiger partial charge on any atom is 0.472 e. The smallest absolute Gasteiger partial charge is 0.462 e. The molecule has 10 heteroatoms. The molecule has 0 aliphatic carbocycles. The van der Waals surface area contributed by atoms with Gasteiger partial charge in [-0.3, -0.25) is 18.6 Å². The highest BCUT2D eigenvalue weighted by molar-refractivity contribution is 7.47. The Morgan fingerprint density at radius 2 is 0.598 bits per heavy atom. The van der Waals surface area contributed by atoms with E-state index < -0.39 is 32.5 Å². The molecule has 0 aliphatic rings. The quantitative estimate of drug-likeness (QED) is 0.0264. The number of carbonyl (C=O) groups is 2. The van der Waals surface area contributed by atoms with E-state index in [1.54, 1.807) is 0 Å². The Bertz CT molecular complexity index is 2130. The predicted molar refractivity (Wildman–Crippen MR) is 375 cm³/mol. The third kappa shape index (κ3) is 69.8. The second-order valence-electron chi connectivity index (χ2n) is 21.6. The lowest BCUT2D eigenvalue weighted by atomic mass is 10.0. The van der Waals surface area contributed by atoms with Gasteiger partial charge in [-0.25, -0.2) is 4.57 Å². The molecule has 0 rings (SSSR count). The summed E-state index contributed by atoms with van der Waals surface area (Å²) in [5, 5.41) is 0. The molecule has 9 nitrogen and oxygen atoms in total. The van der Waals surface area contributed by atoms with E-state index in [-0.39, 0.29) is 32.6 Å². The Hall–Kier alpha value is -5.15. The maximum absolute atomic E-state index is 12.7. The number of esters is 2. The number of nitrogens with two attached hydrogens (primary N) is 1. The molecule has 0 aliphatic heterocycles.